The molecule has 1 aliphatic heterocycles. The smallest absolute Gasteiger partial charge is 0.259 e. The van der Waals surface area contributed by atoms with Crippen molar-refractivity contribution in [2.75, 3.05) is 25.1 Å². The minimum atomic E-state index is -3.65. The molecule has 34 heavy (non-hydrogen) atoms. The minimum Gasteiger partial charge on any atom is -0.492 e. The zero-order valence-electron chi connectivity index (χ0n) is 18.8. The monoisotopic (exact) mass is 480 g/mol. The molecule has 1 heterocycles. The van der Waals surface area contributed by atoms with Gasteiger partial charge in [0.05, 0.1) is 23.2 Å². The van der Waals surface area contributed by atoms with Gasteiger partial charge in [0.25, 0.3) is 5.91 Å². The van der Waals surface area contributed by atoms with Gasteiger partial charge in [-0.05, 0) is 54.8 Å². The van der Waals surface area contributed by atoms with Crippen molar-refractivity contribution in [2.24, 2.45) is 0 Å². The average Bonchev–Trinajstić information content (AvgIpc) is 3.38. The highest BCUT2D eigenvalue weighted by molar-refractivity contribution is 7.89. The lowest BCUT2D eigenvalue weighted by Crippen LogP contribution is -2.31. The Morgan fingerprint density at radius 3 is 2.44 bits per heavy atom. The molecule has 3 aromatic rings. The summed E-state index contributed by atoms with van der Waals surface area (Å²) < 4.78 is 39.0. The number of nitrogens with one attached hydrogen (secondary N) is 2. The van der Waals surface area contributed by atoms with Gasteiger partial charge in [-0.25, -0.2) is 13.1 Å². The summed E-state index contributed by atoms with van der Waals surface area (Å²) in [5.41, 5.74) is 2.05. The third kappa shape index (κ3) is 6.44. The fourth-order valence-electron chi connectivity index (χ4n) is 3.71. The Hall–Kier alpha value is -3.20. The van der Waals surface area contributed by atoms with Crippen molar-refractivity contribution in [3.63, 3.8) is 0 Å². The Labute approximate surface area is 200 Å². The Balaban J connectivity index is 1.35. The first-order valence-electron chi connectivity index (χ1n) is 11.3. The van der Waals surface area contributed by atoms with Gasteiger partial charge in [-0.3, -0.25) is 4.79 Å². The van der Waals surface area contributed by atoms with Gasteiger partial charge in [0.1, 0.15) is 5.75 Å². The van der Waals surface area contributed by atoms with Crippen molar-refractivity contribution in [3.05, 3.63) is 90.0 Å². The number of ether oxygens (including phenoxy) is 2. The van der Waals surface area contributed by atoms with Gasteiger partial charge >= 0.3 is 0 Å². The second-order valence-corrected chi connectivity index (χ2v) is 9.81. The molecule has 1 aliphatic rings. The fraction of sp³-hybridized carbons (Fsp3) is 0.269. The van der Waals surface area contributed by atoms with Gasteiger partial charge in [-0.1, -0.05) is 42.5 Å². The van der Waals surface area contributed by atoms with E-state index in [1.54, 1.807) is 30.3 Å². The fourth-order valence-corrected chi connectivity index (χ4v) is 4.78. The van der Waals surface area contributed by atoms with Crippen molar-refractivity contribution in [3.8, 4) is 5.75 Å². The van der Waals surface area contributed by atoms with E-state index in [2.05, 4.69) is 10.0 Å². The van der Waals surface area contributed by atoms with Crippen LogP contribution >= 0.6 is 0 Å². The van der Waals surface area contributed by atoms with E-state index in [0.29, 0.717) is 30.2 Å². The lowest BCUT2D eigenvalue weighted by atomic mass is 10.1. The van der Waals surface area contributed by atoms with Crippen LogP contribution in [0.15, 0.2) is 83.8 Å². The zero-order chi connectivity index (χ0) is 23.8. The maximum Gasteiger partial charge on any atom is 0.259 e. The molecule has 0 spiro atoms. The topological polar surface area (TPSA) is 93.7 Å². The number of sulfonamides is 1. The molecule has 1 saturated heterocycles. The Morgan fingerprint density at radius 1 is 0.971 bits per heavy atom. The summed E-state index contributed by atoms with van der Waals surface area (Å²) in [4.78, 5) is 13.0. The summed E-state index contributed by atoms with van der Waals surface area (Å²) in [7, 11) is -3.65. The van der Waals surface area contributed by atoms with E-state index in [-0.39, 0.29) is 23.5 Å². The van der Waals surface area contributed by atoms with E-state index in [0.717, 1.165) is 24.8 Å². The molecule has 0 aliphatic carbocycles. The van der Waals surface area contributed by atoms with Gasteiger partial charge in [0, 0.05) is 25.3 Å². The Kier molecular flexibility index (Phi) is 7.95. The van der Waals surface area contributed by atoms with Crippen LogP contribution in [0.25, 0.3) is 0 Å². The molecular weight excluding hydrogens is 452 g/mol. The van der Waals surface area contributed by atoms with E-state index < -0.39 is 10.0 Å². The minimum absolute atomic E-state index is 0.0803. The van der Waals surface area contributed by atoms with Gasteiger partial charge < -0.3 is 14.8 Å². The zero-order valence-corrected chi connectivity index (χ0v) is 19.6. The summed E-state index contributed by atoms with van der Waals surface area (Å²) in [5.74, 6) is 0.163. The lowest BCUT2D eigenvalue weighted by Gasteiger charge is -2.13. The van der Waals surface area contributed by atoms with Crippen molar-refractivity contribution >= 4 is 21.6 Å². The Bertz CT molecular complexity index is 1190. The molecular formula is C26H28N2O5S. The van der Waals surface area contributed by atoms with Crippen molar-refractivity contribution in [2.45, 2.75) is 30.3 Å². The van der Waals surface area contributed by atoms with E-state index in [4.69, 9.17) is 9.47 Å². The van der Waals surface area contributed by atoms with Crippen LogP contribution in [0, 0.1) is 0 Å². The van der Waals surface area contributed by atoms with Crippen LogP contribution in [-0.4, -0.2) is 40.2 Å². The average molecular weight is 481 g/mol. The highest BCUT2D eigenvalue weighted by atomic mass is 32.2. The summed E-state index contributed by atoms with van der Waals surface area (Å²) in [6.45, 7) is 1.36. The predicted molar refractivity (Wildman–Crippen MR) is 131 cm³/mol. The second-order valence-electron chi connectivity index (χ2n) is 8.05. The van der Waals surface area contributed by atoms with Crippen LogP contribution in [-0.2, 0) is 21.2 Å². The van der Waals surface area contributed by atoms with Gasteiger partial charge in [0.15, 0.2) is 0 Å². The van der Waals surface area contributed by atoms with Crippen molar-refractivity contribution < 1.29 is 22.7 Å². The molecule has 1 fully saturated rings. The summed E-state index contributed by atoms with van der Waals surface area (Å²) in [6, 6.07) is 23.1. The van der Waals surface area contributed by atoms with Crippen LogP contribution in [0.1, 0.15) is 28.8 Å². The number of carbonyl (C=O) groups excluding carboxylic acids is 1. The first-order chi connectivity index (χ1) is 16.5. The molecule has 0 saturated carbocycles. The molecule has 2 N–H and O–H groups in total. The molecule has 0 bridgehead atoms. The summed E-state index contributed by atoms with van der Waals surface area (Å²) in [5, 5.41) is 2.81. The highest BCUT2D eigenvalue weighted by Crippen LogP contribution is 2.21. The molecule has 4 rings (SSSR count). The molecule has 1 unspecified atom stereocenters. The number of rotatable bonds is 10. The molecule has 0 aromatic heterocycles. The molecule has 0 radical (unpaired) electrons. The molecule has 1 atom stereocenters. The summed E-state index contributed by atoms with van der Waals surface area (Å²) in [6.07, 6.45) is 2.45. The number of benzene rings is 3. The largest absolute Gasteiger partial charge is 0.492 e. The summed E-state index contributed by atoms with van der Waals surface area (Å²) >= 11 is 0. The number of hydrogen-bond acceptors (Lipinski definition) is 5. The van der Waals surface area contributed by atoms with Crippen molar-refractivity contribution in [1.82, 2.24) is 4.72 Å². The van der Waals surface area contributed by atoms with Crippen LogP contribution in [0.5, 0.6) is 5.75 Å². The van der Waals surface area contributed by atoms with E-state index in [9.17, 15) is 13.2 Å². The number of para-hydroxylation sites is 1. The first-order valence-corrected chi connectivity index (χ1v) is 12.8. The maximum absolute atomic E-state index is 12.9. The number of carbonyl (C=O) groups is 1. The lowest BCUT2D eigenvalue weighted by molar-refractivity contribution is 0.102. The van der Waals surface area contributed by atoms with E-state index in [1.807, 2.05) is 36.4 Å². The second kappa shape index (κ2) is 11.3. The first kappa shape index (κ1) is 23.9. The van der Waals surface area contributed by atoms with E-state index in [1.165, 1.54) is 12.1 Å². The van der Waals surface area contributed by atoms with Gasteiger partial charge in [0.2, 0.25) is 10.0 Å². The number of anilines is 1. The van der Waals surface area contributed by atoms with Crippen LogP contribution in [0.4, 0.5) is 5.69 Å². The molecule has 1 amide bonds. The normalized spacial score (nSPS) is 15.7. The van der Waals surface area contributed by atoms with Gasteiger partial charge in [-0.2, -0.15) is 0 Å². The highest BCUT2D eigenvalue weighted by Gasteiger charge is 2.20. The van der Waals surface area contributed by atoms with Crippen LogP contribution in [0.3, 0.4) is 0 Å². The molecule has 7 nitrogen and oxygen atoms in total. The molecule has 3 aromatic carbocycles. The predicted octanol–water partition coefficient (Wildman–Crippen LogP) is 4.02. The quantitative estimate of drug-likeness (QED) is 0.457. The molecule has 8 heteroatoms. The number of hydrogen-bond donors (Lipinski definition) is 2. The Morgan fingerprint density at radius 2 is 1.71 bits per heavy atom. The third-order valence-electron chi connectivity index (χ3n) is 5.57. The SMILES string of the molecule is O=C(Nc1ccc(S(=O)(=O)NCC2CCCO2)cc1)c1ccccc1OCCc1ccccc1. The van der Waals surface area contributed by atoms with Gasteiger partial charge in [-0.15, -0.1) is 0 Å². The van der Waals surface area contributed by atoms with Crippen LogP contribution < -0.4 is 14.8 Å². The van der Waals surface area contributed by atoms with Crippen LogP contribution in [0.2, 0.25) is 0 Å². The number of amides is 1. The van der Waals surface area contributed by atoms with E-state index >= 15 is 0 Å². The maximum atomic E-state index is 12.9. The molecule has 178 valence electrons. The standard InChI is InChI=1S/C26H28N2O5S/c29-26(24-10-4-5-11-25(24)33-18-16-20-7-2-1-3-8-20)28-21-12-14-23(15-13-21)34(30,31)27-19-22-9-6-17-32-22/h1-5,7-8,10-15,22,27H,6,9,16-19H2,(H,28,29). The van der Waals surface area contributed by atoms with Crippen molar-refractivity contribution in [1.29, 1.82) is 0 Å². The third-order valence-corrected chi connectivity index (χ3v) is 7.01.